The van der Waals surface area contributed by atoms with Crippen LogP contribution in [0.4, 0.5) is 5.69 Å². The molecule has 0 heterocycles. The molecule has 0 aliphatic carbocycles. The van der Waals surface area contributed by atoms with Gasteiger partial charge in [0.05, 0.1) is 17.2 Å². The fourth-order valence-electron chi connectivity index (χ4n) is 2.67. The molecule has 0 radical (unpaired) electrons. The minimum Gasteiger partial charge on any atom is -0.289 e. The Kier molecular flexibility index (Phi) is 5.41. The molecule has 3 rings (SSSR count). The number of sulfone groups is 1. The minimum absolute atomic E-state index is 0.0454. The van der Waals surface area contributed by atoms with Gasteiger partial charge < -0.3 is 0 Å². The molecule has 0 amide bonds. The lowest BCUT2D eigenvalue weighted by Gasteiger charge is -2.11. The van der Waals surface area contributed by atoms with Gasteiger partial charge in [0.25, 0.3) is 0 Å². The summed E-state index contributed by atoms with van der Waals surface area (Å²) >= 11 is 6.04. The summed E-state index contributed by atoms with van der Waals surface area (Å²) in [5.41, 5.74) is 1.31. The Bertz CT molecular complexity index is 1150. The van der Waals surface area contributed by atoms with Gasteiger partial charge in [-0.05, 0) is 29.8 Å². The van der Waals surface area contributed by atoms with Gasteiger partial charge in [-0.25, -0.2) is 13.3 Å². The lowest BCUT2D eigenvalue weighted by atomic mass is 9.99. The Morgan fingerprint density at radius 1 is 0.963 bits per heavy atom. The predicted octanol–water partition coefficient (Wildman–Crippen LogP) is 5.10. The highest BCUT2D eigenvalue weighted by Gasteiger charge is 2.21. The van der Waals surface area contributed by atoms with Crippen LogP contribution in [0.1, 0.15) is 21.5 Å². The van der Waals surface area contributed by atoms with Crippen LogP contribution >= 0.6 is 11.6 Å². The van der Waals surface area contributed by atoms with E-state index in [4.69, 9.17) is 18.2 Å². The summed E-state index contributed by atoms with van der Waals surface area (Å²) in [5, 5.41) is 0.352. The smallest absolute Gasteiger partial charge is 0.193 e. The van der Waals surface area contributed by atoms with Crippen LogP contribution in [0.2, 0.25) is 5.02 Å². The van der Waals surface area contributed by atoms with Gasteiger partial charge in [0.2, 0.25) is 0 Å². The zero-order valence-electron chi connectivity index (χ0n) is 14.1. The van der Waals surface area contributed by atoms with Crippen molar-refractivity contribution in [1.82, 2.24) is 0 Å². The fourth-order valence-corrected chi connectivity index (χ4v) is 4.25. The highest BCUT2D eigenvalue weighted by molar-refractivity contribution is 7.90. The normalized spacial score (nSPS) is 11.0. The average molecular weight is 396 g/mol. The second-order valence-corrected chi connectivity index (χ2v) is 8.29. The molecule has 0 N–H and O–H groups in total. The van der Waals surface area contributed by atoms with E-state index in [2.05, 4.69) is 4.85 Å². The van der Waals surface area contributed by atoms with Gasteiger partial charge in [-0.15, -0.1) is 0 Å². The molecule has 0 spiro atoms. The first-order valence-electron chi connectivity index (χ1n) is 7.99. The van der Waals surface area contributed by atoms with E-state index in [0.29, 0.717) is 16.1 Å². The molecule has 134 valence electrons. The molecule has 0 bridgehead atoms. The van der Waals surface area contributed by atoms with E-state index in [0.717, 1.165) is 0 Å². The number of nitrogens with zero attached hydrogens (tertiary/aromatic N) is 1. The molecule has 0 aromatic heterocycles. The standard InChI is InChI=1S/C21H14ClNO3S/c1-23-18-8-5-9-19(13-18)27(25,26)14-16-10-11-17(22)12-20(16)21(24)15-6-3-2-4-7-15/h2-13H,14H2. The van der Waals surface area contributed by atoms with Crippen molar-refractivity contribution in [3.63, 3.8) is 0 Å². The van der Waals surface area contributed by atoms with Gasteiger partial charge >= 0.3 is 0 Å². The summed E-state index contributed by atoms with van der Waals surface area (Å²) in [5.74, 6) is -0.655. The van der Waals surface area contributed by atoms with E-state index in [-0.39, 0.29) is 27.7 Å². The summed E-state index contributed by atoms with van der Waals surface area (Å²) in [7, 11) is -3.74. The molecule has 0 unspecified atom stereocenters. The van der Waals surface area contributed by atoms with Crippen LogP contribution < -0.4 is 0 Å². The molecule has 0 fully saturated rings. The topological polar surface area (TPSA) is 55.6 Å². The molecular weight excluding hydrogens is 382 g/mol. The number of hydrogen-bond donors (Lipinski definition) is 0. The van der Waals surface area contributed by atoms with E-state index in [9.17, 15) is 13.2 Å². The van der Waals surface area contributed by atoms with Crippen molar-refractivity contribution in [3.8, 4) is 0 Å². The van der Waals surface area contributed by atoms with Gasteiger partial charge in [0, 0.05) is 16.1 Å². The van der Waals surface area contributed by atoms with Crippen LogP contribution in [-0.2, 0) is 15.6 Å². The van der Waals surface area contributed by atoms with Crippen LogP contribution in [0.5, 0.6) is 0 Å². The van der Waals surface area contributed by atoms with Crippen LogP contribution in [-0.4, -0.2) is 14.2 Å². The van der Waals surface area contributed by atoms with Crippen molar-refractivity contribution in [3.05, 3.63) is 106 Å². The van der Waals surface area contributed by atoms with Gasteiger partial charge in [-0.1, -0.05) is 60.1 Å². The van der Waals surface area contributed by atoms with Crippen LogP contribution in [0.25, 0.3) is 4.85 Å². The van der Waals surface area contributed by atoms with Gasteiger partial charge in [-0.3, -0.25) is 4.79 Å². The Morgan fingerprint density at radius 2 is 1.70 bits per heavy atom. The Hall–Kier alpha value is -2.94. The maximum absolute atomic E-state index is 12.8. The van der Waals surface area contributed by atoms with Crippen molar-refractivity contribution >= 4 is 32.9 Å². The monoisotopic (exact) mass is 395 g/mol. The highest BCUT2D eigenvalue weighted by Crippen LogP contribution is 2.26. The summed E-state index contributed by atoms with van der Waals surface area (Å²) in [6.45, 7) is 7.05. The second-order valence-electron chi connectivity index (χ2n) is 5.86. The number of carbonyl (C=O) groups is 1. The summed E-state index contributed by atoms with van der Waals surface area (Å²) in [4.78, 5) is 16.2. The molecule has 27 heavy (non-hydrogen) atoms. The SMILES string of the molecule is [C-]#[N+]c1cccc(S(=O)(=O)Cc2ccc(Cl)cc2C(=O)c2ccccc2)c1. The lowest BCUT2D eigenvalue weighted by molar-refractivity contribution is 0.103. The van der Waals surface area contributed by atoms with Gasteiger partial charge in [0.15, 0.2) is 21.3 Å². The molecule has 0 aliphatic rings. The van der Waals surface area contributed by atoms with E-state index in [1.807, 2.05) is 0 Å². The molecule has 0 atom stereocenters. The Morgan fingerprint density at radius 3 is 2.41 bits per heavy atom. The maximum Gasteiger partial charge on any atom is 0.193 e. The fraction of sp³-hybridized carbons (Fsp3) is 0.0476. The second kappa shape index (κ2) is 7.75. The van der Waals surface area contributed by atoms with E-state index in [1.54, 1.807) is 48.5 Å². The minimum atomic E-state index is -3.74. The first-order valence-corrected chi connectivity index (χ1v) is 10.0. The molecule has 4 nitrogen and oxygen atoms in total. The summed E-state index contributed by atoms with van der Waals surface area (Å²) < 4.78 is 25.6. The number of carbonyl (C=O) groups excluding carboxylic acids is 1. The van der Waals surface area contributed by atoms with Crippen molar-refractivity contribution in [2.45, 2.75) is 10.6 Å². The van der Waals surface area contributed by atoms with E-state index < -0.39 is 9.84 Å². The number of ketones is 1. The molecule has 0 saturated heterocycles. The third-order valence-electron chi connectivity index (χ3n) is 4.00. The van der Waals surface area contributed by atoms with E-state index in [1.165, 1.54) is 24.3 Å². The first-order chi connectivity index (χ1) is 12.9. The van der Waals surface area contributed by atoms with Gasteiger partial charge in [0.1, 0.15) is 0 Å². The predicted molar refractivity (Wildman–Crippen MR) is 105 cm³/mol. The van der Waals surface area contributed by atoms with Crippen molar-refractivity contribution in [2.24, 2.45) is 0 Å². The van der Waals surface area contributed by atoms with Crippen LogP contribution in [0.15, 0.2) is 77.7 Å². The van der Waals surface area contributed by atoms with Crippen LogP contribution in [0, 0.1) is 6.57 Å². The Labute approximate surface area is 162 Å². The van der Waals surface area contributed by atoms with E-state index >= 15 is 0 Å². The maximum atomic E-state index is 12.8. The number of hydrogen-bond acceptors (Lipinski definition) is 3. The quantitative estimate of drug-likeness (QED) is 0.446. The summed E-state index contributed by atoms with van der Waals surface area (Å²) in [6, 6.07) is 19.0. The van der Waals surface area contributed by atoms with Crippen molar-refractivity contribution in [2.75, 3.05) is 0 Å². The zero-order chi connectivity index (χ0) is 19.4. The lowest BCUT2D eigenvalue weighted by Crippen LogP contribution is -2.11. The molecule has 6 heteroatoms. The molecular formula is C21H14ClNO3S. The van der Waals surface area contributed by atoms with Crippen molar-refractivity contribution in [1.29, 1.82) is 0 Å². The number of halogens is 1. The Balaban J connectivity index is 2.02. The largest absolute Gasteiger partial charge is 0.289 e. The molecule has 0 aliphatic heterocycles. The first kappa shape index (κ1) is 18.8. The number of rotatable bonds is 5. The summed E-state index contributed by atoms with van der Waals surface area (Å²) in [6.07, 6.45) is 0. The third-order valence-corrected chi connectivity index (χ3v) is 5.90. The molecule has 3 aromatic carbocycles. The molecule has 0 saturated carbocycles. The molecule has 3 aromatic rings. The zero-order valence-corrected chi connectivity index (χ0v) is 15.7. The van der Waals surface area contributed by atoms with Crippen molar-refractivity contribution < 1.29 is 13.2 Å². The highest BCUT2D eigenvalue weighted by atomic mass is 35.5. The third kappa shape index (κ3) is 4.25. The average Bonchev–Trinajstić information content (AvgIpc) is 2.69. The number of benzene rings is 3. The van der Waals surface area contributed by atoms with Crippen LogP contribution in [0.3, 0.4) is 0 Å². The van der Waals surface area contributed by atoms with Gasteiger partial charge in [-0.2, -0.15) is 0 Å².